The van der Waals surface area contributed by atoms with Gasteiger partial charge in [0.05, 0.1) is 6.04 Å². The zero-order valence-electron chi connectivity index (χ0n) is 16.8. The monoisotopic (exact) mass is 393 g/mol. The third-order valence-electron chi connectivity index (χ3n) is 4.35. The van der Waals surface area contributed by atoms with Crippen LogP contribution in [0.15, 0.2) is 24.3 Å². The molecule has 0 aliphatic heterocycles. The first kappa shape index (κ1) is 23.4. The molecule has 0 radical (unpaired) electrons. The van der Waals surface area contributed by atoms with Gasteiger partial charge in [-0.05, 0) is 36.0 Å². The van der Waals surface area contributed by atoms with E-state index in [1.807, 2.05) is 13.8 Å². The van der Waals surface area contributed by atoms with Crippen LogP contribution in [0.4, 0.5) is 0 Å². The number of rotatable bonds is 10. The van der Waals surface area contributed by atoms with Gasteiger partial charge in [-0.15, -0.1) is 0 Å². The third-order valence-corrected chi connectivity index (χ3v) is 4.35. The Balaban J connectivity index is 2.88. The largest absolute Gasteiger partial charge is 0.508 e. The zero-order valence-corrected chi connectivity index (χ0v) is 16.8. The zero-order chi connectivity index (χ0) is 21.4. The van der Waals surface area contributed by atoms with E-state index in [0.29, 0.717) is 12.0 Å². The Bertz CT molecular complexity index is 673. The molecule has 3 atom stereocenters. The van der Waals surface area contributed by atoms with Crippen molar-refractivity contribution in [1.82, 2.24) is 10.6 Å². The number of aromatic hydroxyl groups is 1. The van der Waals surface area contributed by atoms with Gasteiger partial charge < -0.3 is 26.6 Å². The number of amides is 2. The SMILES string of the molecule is CC(C)CC(NC(=O)C(N)C(C)C)C(=O)NC(Cc1ccc(O)cc1)C(=O)O. The molecule has 6 N–H and O–H groups in total. The second kappa shape index (κ2) is 10.7. The number of hydrogen-bond acceptors (Lipinski definition) is 5. The second-order valence-corrected chi connectivity index (χ2v) is 7.73. The molecule has 28 heavy (non-hydrogen) atoms. The lowest BCUT2D eigenvalue weighted by molar-refractivity contribution is -0.142. The minimum Gasteiger partial charge on any atom is -0.508 e. The summed E-state index contributed by atoms with van der Waals surface area (Å²) in [6, 6.07) is 3.28. The van der Waals surface area contributed by atoms with Gasteiger partial charge in [-0.3, -0.25) is 9.59 Å². The number of hydrogen-bond donors (Lipinski definition) is 5. The number of phenolic OH excluding ortho intramolecular Hbond substituents is 1. The molecule has 0 saturated carbocycles. The van der Waals surface area contributed by atoms with E-state index in [-0.39, 0.29) is 24.0 Å². The molecule has 1 aromatic carbocycles. The molecule has 8 nitrogen and oxygen atoms in total. The summed E-state index contributed by atoms with van der Waals surface area (Å²) in [6.07, 6.45) is 0.406. The molecule has 0 bridgehead atoms. The van der Waals surface area contributed by atoms with Crippen molar-refractivity contribution >= 4 is 17.8 Å². The Kier molecular flexibility index (Phi) is 8.91. The number of nitrogens with one attached hydrogen (secondary N) is 2. The van der Waals surface area contributed by atoms with Crippen molar-refractivity contribution in [2.45, 2.75) is 58.7 Å². The fraction of sp³-hybridized carbons (Fsp3) is 0.550. The lowest BCUT2D eigenvalue weighted by atomic mass is 9.99. The van der Waals surface area contributed by atoms with Crippen LogP contribution in [0.1, 0.15) is 39.7 Å². The van der Waals surface area contributed by atoms with Crippen molar-refractivity contribution in [1.29, 1.82) is 0 Å². The number of carbonyl (C=O) groups excluding carboxylic acids is 2. The van der Waals surface area contributed by atoms with Crippen molar-refractivity contribution in [3.05, 3.63) is 29.8 Å². The first-order valence-corrected chi connectivity index (χ1v) is 9.38. The fourth-order valence-corrected chi connectivity index (χ4v) is 2.61. The van der Waals surface area contributed by atoms with Gasteiger partial charge >= 0.3 is 5.97 Å². The molecule has 8 heteroatoms. The van der Waals surface area contributed by atoms with Crippen LogP contribution in [0.25, 0.3) is 0 Å². The van der Waals surface area contributed by atoms with Gasteiger partial charge in [-0.2, -0.15) is 0 Å². The number of phenols is 1. The van der Waals surface area contributed by atoms with Crippen molar-refractivity contribution < 1.29 is 24.6 Å². The lowest BCUT2D eigenvalue weighted by Crippen LogP contribution is -2.55. The van der Waals surface area contributed by atoms with Crippen LogP contribution in [-0.4, -0.2) is 46.1 Å². The average Bonchev–Trinajstić information content (AvgIpc) is 2.60. The van der Waals surface area contributed by atoms with Gasteiger partial charge in [0.15, 0.2) is 0 Å². The molecule has 1 rings (SSSR count). The molecule has 0 spiro atoms. The Morgan fingerprint density at radius 3 is 1.96 bits per heavy atom. The van der Waals surface area contributed by atoms with E-state index in [4.69, 9.17) is 5.73 Å². The van der Waals surface area contributed by atoms with Crippen LogP contribution in [0.5, 0.6) is 5.75 Å². The quantitative estimate of drug-likeness (QED) is 0.402. The highest BCUT2D eigenvalue weighted by atomic mass is 16.4. The van der Waals surface area contributed by atoms with Crippen LogP contribution < -0.4 is 16.4 Å². The summed E-state index contributed by atoms with van der Waals surface area (Å²) in [5.74, 6) is -2.11. The van der Waals surface area contributed by atoms with Crippen LogP contribution in [0.2, 0.25) is 0 Å². The molecule has 0 aliphatic carbocycles. The van der Waals surface area contributed by atoms with E-state index in [1.54, 1.807) is 26.0 Å². The van der Waals surface area contributed by atoms with Crippen LogP contribution in [-0.2, 0) is 20.8 Å². The maximum absolute atomic E-state index is 12.7. The molecule has 0 aromatic heterocycles. The summed E-state index contributed by atoms with van der Waals surface area (Å²) >= 11 is 0. The molecular weight excluding hydrogens is 362 g/mol. The lowest BCUT2D eigenvalue weighted by Gasteiger charge is -2.25. The van der Waals surface area contributed by atoms with Crippen molar-refractivity contribution in [2.75, 3.05) is 0 Å². The fourth-order valence-electron chi connectivity index (χ4n) is 2.61. The van der Waals surface area contributed by atoms with Crippen LogP contribution in [0.3, 0.4) is 0 Å². The molecule has 0 heterocycles. The van der Waals surface area contributed by atoms with Crippen molar-refractivity contribution in [3.8, 4) is 5.75 Å². The number of carboxylic acids is 1. The number of carbonyl (C=O) groups is 3. The molecule has 1 aromatic rings. The number of aliphatic carboxylic acids is 1. The number of benzene rings is 1. The van der Waals surface area contributed by atoms with Gasteiger partial charge in [0.1, 0.15) is 17.8 Å². The Labute approximate surface area is 165 Å². The summed E-state index contributed by atoms with van der Waals surface area (Å²) in [7, 11) is 0. The molecular formula is C20H31N3O5. The first-order chi connectivity index (χ1) is 13.0. The predicted octanol–water partition coefficient (Wildman–Crippen LogP) is 1.02. The highest BCUT2D eigenvalue weighted by molar-refractivity contribution is 5.91. The standard InChI is InChI=1S/C20H31N3O5/c1-11(2)9-15(22-19(26)17(21)12(3)4)18(25)23-16(20(27)28)10-13-5-7-14(24)8-6-13/h5-8,11-12,15-17,24H,9-10,21H2,1-4H3,(H,22,26)(H,23,25)(H,27,28). The normalized spacial score (nSPS) is 14.4. The van der Waals surface area contributed by atoms with Gasteiger partial charge in [0, 0.05) is 6.42 Å². The highest BCUT2D eigenvalue weighted by Crippen LogP contribution is 2.12. The summed E-state index contributed by atoms with van der Waals surface area (Å²) in [6.45, 7) is 7.42. The molecule has 0 aliphatic rings. The Hall–Kier alpha value is -2.61. The summed E-state index contributed by atoms with van der Waals surface area (Å²) < 4.78 is 0. The molecule has 3 unspecified atom stereocenters. The van der Waals surface area contributed by atoms with E-state index in [1.165, 1.54) is 12.1 Å². The number of nitrogens with two attached hydrogens (primary N) is 1. The second-order valence-electron chi connectivity index (χ2n) is 7.73. The summed E-state index contributed by atoms with van der Waals surface area (Å²) in [4.78, 5) is 36.6. The summed E-state index contributed by atoms with van der Waals surface area (Å²) in [5, 5.41) is 24.0. The first-order valence-electron chi connectivity index (χ1n) is 9.38. The van der Waals surface area contributed by atoms with Gasteiger partial charge in [0.25, 0.3) is 0 Å². The predicted molar refractivity (Wildman–Crippen MR) is 106 cm³/mol. The molecule has 0 fully saturated rings. The minimum absolute atomic E-state index is 0.0508. The third kappa shape index (κ3) is 7.56. The topological polar surface area (TPSA) is 142 Å². The van der Waals surface area contributed by atoms with E-state index in [2.05, 4.69) is 10.6 Å². The average molecular weight is 393 g/mol. The van der Waals surface area contributed by atoms with Gasteiger partial charge in [0.2, 0.25) is 11.8 Å². The van der Waals surface area contributed by atoms with E-state index in [0.717, 1.165) is 0 Å². The van der Waals surface area contributed by atoms with E-state index >= 15 is 0 Å². The minimum atomic E-state index is -1.19. The maximum Gasteiger partial charge on any atom is 0.326 e. The Morgan fingerprint density at radius 2 is 1.50 bits per heavy atom. The van der Waals surface area contributed by atoms with Crippen molar-refractivity contribution in [3.63, 3.8) is 0 Å². The number of carboxylic acid groups (broad SMARTS) is 1. The van der Waals surface area contributed by atoms with E-state index < -0.39 is 35.9 Å². The molecule has 2 amide bonds. The van der Waals surface area contributed by atoms with Crippen LogP contribution in [0, 0.1) is 11.8 Å². The van der Waals surface area contributed by atoms with Crippen LogP contribution >= 0.6 is 0 Å². The Morgan fingerprint density at radius 1 is 0.964 bits per heavy atom. The maximum atomic E-state index is 12.7. The molecule has 0 saturated heterocycles. The smallest absolute Gasteiger partial charge is 0.326 e. The van der Waals surface area contributed by atoms with Gasteiger partial charge in [-0.25, -0.2) is 4.79 Å². The highest BCUT2D eigenvalue weighted by Gasteiger charge is 2.29. The van der Waals surface area contributed by atoms with Crippen molar-refractivity contribution in [2.24, 2.45) is 17.6 Å². The molecule has 156 valence electrons. The summed E-state index contributed by atoms with van der Waals surface area (Å²) in [5.41, 5.74) is 6.49. The van der Waals surface area contributed by atoms with E-state index in [9.17, 15) is 24.6 Å². The van der Waals surface area contributed by atoms with Gasteiger partial charge in [-0.1, -0.05) is 39.8 Å².